The molecule has 0 saturated heterocycles. The van der Waals surface area contributed by atoms with E-state index in [2.05, 4.69) is 4.72 Å². The molecule has 0 heterocycles. The van der Waals surface area contributed by atoms with E-state index in [-0.39, 0.29) is 11.4 Å². The molecule has 0 aliphatic carbocycles. The number of methoxy groups -OCH3 is 1. The smallest absolute Gasteiger partial charge is 0.416 e. The third kappa shape index (κ3) is 3.51. The number of sulfonamides is 1. The van der Waals surface area contributed by atoms with E-state index in [1.807, 2.05) is 0 Å². The molecule has 8 heteroatoms. The standard InChI is InChI=1S/C14H12F3NO3S/c1-21-13-8-3-2-7-12(13)18-22(19,20)11-6-4-5-10(9-11)14(15,16)17/h2-9,18H,1H3. The molecule has 4 nitrogen and oxygen atoms in total. The zero-order valence-electron chi connectivity index (χ0n) is 11.4. The van der Waals surface area contributed by atoms with E-state index in [4.69, 9.17) is 4.74 Å². The Morgan fingerprint density at radius 2 is 1.73 bits per heavy atom. The molecule has 0 aliphatic rings. The lowest BCUT2D eigenvalue weighted by Crippen LogP contribution is -2.15. The molecule has 22 heavy (non-hydrogen) atoms. The summed E-state index contributed by atoms with van der Waals surface area (Å²) in [5, 5.41) is 0. The minimum absolute atomic E-state index is 0.141. The average molecular weight is 331 g/mol. The minimum Gasteiger partial charge on any atom is -0.495 e. The number of hydrogen-bond acceptors (Lipinski definition) is 3. The summed E-state index contributed by atoms with van der Waals surface area (Å²) < 4.78 is 69.6. The fraction of sp³-hybridized carbons (Fsp3) is 0.143. The highest BCUT2D eigenvalue weighted by molar-refractivity contribution is 7.92. The summed E-state index contributed by atoms with van der Waals surface area (Å²) in [5.74, 6) is 0.262. The molecule has 0 bridgehead atoms. The van der Waals surface area contributed by atoms with Crippen LogP contribution in [-0.2, 0) is 16.2 Å². The Kier molecular flexibility index (Phi) is 4.32. The van der Waals surface area contributed by atoms with Gasteiger partial charge in [0.15, 0.2) is 0 Å². The van der Waals surface area contributed by atoms with Gasteiger partial charge in [0, 0.05) is 0 Å². The van der Waals surface area contributed by atoms with E-state index >= 15 is 0 Å². The monoisotopic (exact) mass is 331 g/mol. The van der Waals surface area contributed by atoms with Crippen molar-refractivity contribution in [2.24, 2.45) is 0 Å². The predicted octanol–water partition coefficient (Wildman–Crippen LogP) is 3.51. The van der Waals surface area contributed by atoms with E-state index < -0.39 is 26.7 Å². The van der Waals surface area contributed by atoms with E-state index in [9.17, 15) is 21.6 Å². The van der Waals surface area contributed by atoms with Gasteiger partial charge in [-0.3, -0.25) is 4.72 Å². The third-order valence-corrected chi connectivity index (χ3v) is 4.19. The van der Waals surface area contributed by atoms with Crippen LogP contribution in [-0.4, -0.2) is 15.5 Å². The van der Waals surface area contributed by atoms with Crippen molar-refractivity contribution < 1.29 is 26.3 Å². The van der Waals surface area contributed by atoms with Crippen molar-refractivity contribution in [1.82, 2.24) is 0 Å². The molecule has 0 amide bonds. The van der Waals surface area contributed by atoms with Crippen LogP contribution >= 0.6 is 0 Å². The van der Waals surface area contributed by atoms with Crippen molar-refractivity contribution >= 4 is 15.7 Å². The number of anilines is 1. The first-order valence-electron chi connectivity index (χ1n) is 6.07. The number of halogens is 3. The van der Waals surface area contributed by atoms with Crippen LogP contribution < -0.4 is 9.46 Å². The molecule has 0 fully saturated rings. The lowest BCUT2D eigenvalue weighted by molar-refractivity contribution is -0.137. The first kappa shape index (κ1) is 16.2. The molecule has 0 saturated carbocycles. The van der Waals surface area contributed by atoms with Crippen LogP contribution in [0.15, 0.2) is 53.4 Å². The summed E-state index contributed by atoms with van der Waals surface area (Å²) in [5.41, 5.74) is -0.891. The Morgan fingerprint density at radius 3 is 2.36 bits per heavy atom. The second-order valence-corrected chi connectivity index (χ2v) is 6.01. The summed E-state index contributed by atoms with van der Waals surface area (Å²) in [7, 11) is -2.80. The Hall–Kier alpha value is -2.22. The Morgan fingerprint density at radius 1 is 1.05 bits per heavy atom. The number of rotatable bonds is 4. The van der Waals surface area contributed by atoms with E-state index in [0.29, 0.717) is 6.07 Å². The molecule has 118 valence electrons. The zero-order chi connectivity index (χ0) is 16.4. The number of nitrogens with one attached hydrogen (secondary N) is 1. The second kappa shape index (κ2) is 5.88. The number of ether oxygens (including phenoxy) is 1. The molecule has 0 aliphatic heterocycles. The van der Waals surface area contributed by atoms with Crippen LogP contribution in [0.1, 0.15) is 5.56 Å². The Balaban J connectivity index is 2.39. The summed E-state index contributed by atoms with van der Waals surface area (Å²) in [6.07, 6.45) is -4.62. The van der Waals surface area contributed by atoms with Crippen LogP contribution in [0.2, 0.25) is 0 Å². The van der Waals surface area contributed by atoms with E-state index in [1.54, 1.807) is 12.1 Å². The summed E-state index contributed by atoms with van der Waals surface area (Å²) in [6.45, 7) is 0. The van der Waals surface area contributed by atoms with Crippen molar-refractivity contribution in [2.45, 2.75) is 11.1 Å². The molecule has 1 N–H and O–H groups in total. The van der Waals surface area contributed by atoms with Gasteiger partial charge in [-0.25, -0.2) is 8.42 Å². The van der Waals surface area contributed by atoms with Gasteiger partial charge in [-0.2, -0.15) is 13.2 Å². The number of para-hydroxylation sites is 2. The summed E-state index contributed by atoms with van der Waals surface area (Å²) in [4.78, 5) is -0.478. The lowest BCUT2D eigenvalue weighted by Gasteiger charge is -2.13. The quantitative estimate of drug-likeness (QED) is 0.933. The van der Waals surface area contributed by atoms with Crippen LogP contribution in [0.25, 0.3) is 0 Å². The van der Waals surface area contributed by atoms with Gasteiger partial charge in [-0.1, -0.05) is 18.2 Å². The molecular weight excluding hydrogens is 319 g/mol. The van der Waals surface area contributed by atoms with Crippen LogP contribution in [0.3, 0.4) is 0 Å². The number of benzene rings is 2. The Labute approximate surface area is 125 Å². The third-order valence-electron chi connectivity index (χ3n) is 2.82. The number of hydrogen-bond donors (Lipinski definition) is 1. The maximum Gasteiger partial charge on any atom is 0.416 e. The average Bonchev–Trinajstić information content (AvgIpc) is 2.47. The first-order chi connectivity index (χ1) is 10.2. The summed E-state index contributed by atoms with van der Waals surface area (Å²) in [6, 6.07) is 9.72. The molecule has 0 unspecified atom stereocenters. The topological polar surface area (TPSA) is 55.4 Å². The zero-order valence-corrected chi connectivity index (χ0v) is 12.2. The lowest BCUT2D eigenvalue weighted by atomic mass is 10.2. The molecule has 0 spiro atoms. The van der Waals surface area contributed by atoms with Crippen molar-refractivity contribution in [1.29, 1.82) is 0 Å². The van der Waals surface area contributed by atoms with Gasteiger partial charge in [0.25, 0.3) is 10.0 Å². The molecule has 2 aromatic carbocycles. The highest BCUT2D eigenvalue weighted by Gasteiger charge is 2.31. The maximum atomic E-state index is 12.7. The van der Waals surface area contributed by atoms with Gasteiger partial charge in [0.1, 0.15) is 5.75 Å². The molecule has 0 radical (unpaired) electrons. The normalized spacial score (nSPS) is 12.0. The fourth-order valence-corrected chi connectivity index (χ4v) is 2.89. The molecule has 2 rings (SSSR count). The van der Waals surface area contributed by atoms with Crippen molar-refractivity contribution in [3.63, 3.8) is 0 Å². The largest absolute Gasteiger partial charge is 0.495 e. The first-order valence-corrected chi connectivity index (χ1v) is 7.55. The Bertz CT molecular complexity index is 773. The van der Waals surface area contributed by atoms with Gasteiger partial charge in [-0.05, 0) is 30.3 Å². The van der Waals surface area contributed by atoms with Crippen LogP contribution in [0.4, 0.5) is 18.9 Å². The van der Waals surface area contributed by atoms with E-state index in [0.717, 1.165) is 18.2 Å². The van der Waals surface area contributed by atoms with Crippen molar-refractivity contribution in [3.8, 4) is 5.75 Å². The van der Waals surface area contributed by atoms with Crippen molar-refractivity contribution in [2.75, 3.05) is 11.8 Å². The predicted molar refractivity (Wildman–Crippen MR) is 75.2 cm³/mol. The number of alkyl halides is 3. The fourth-order valence-electron chi connectivity index (χ4n) is 1.77. The van der Waals surface area contributed by atoms with Gasteiger partial charge >= 0.3 is 6.18 Å². The SMILES string of the molecule is COc1ccccc1NS(=O)(=O)c1cccc(C(F)(F)F)c1. The van der Waals surface area contributed by atoms with Crippen molar-refractivity contribution in [3.05, 3.63) is 54.1 Å². The summed E-state index contributed by atoms with van der Waals surface area (Å²) >= 11 is 0. The highest BCUT2D eigenvalue weighted by Crippen LogP contribution is 2.31. The van der Waals surface area contributed by atoms with Gasteiger partial charge < -0.3 is 4.74 Å². The van der Waals surface area contributed by atoms with Gasteiger partial charge in [-0.15, -0.1) is 0 Å². The maximum absolute atomic E-state index is 12.7. The molecule has 0 aromatic heterocycles. The van der Waals surface area contributed by atoms with Gasteiger partial charge in [0.2, 0.25) is 0 Å². The minimum atomic E-state index is -4.62. The second-order valence-electron chi connectivity index (χ2n) is 4.33. The van der Waals surface area contributed by atoms with E-state index in [1.165, 1.54) is 19.2 Å². The highest BCUT2D eigenvalue weighted by atomic mass is 32.2. The molecule has 0 atom stereocenters. The molecular formula is C14H12F3NO3S. The van der Waals surface area contributed by atoms with Crippen LogP contribution in [0, 0.1) is 0 Å². The molecule has 2 aromatic rings. The van der Waals surface area contributed by atoms with Gasteiger partial charge in [0.05, 0.1) is 23.3 Å². The van der Waals surface area contributed by atoms with Crippen LogP contribution in [0.5, 0.6) is 5.75 Å².